The Labute approximate surface area is 202 Å². The Morgan fingerprint density at radius 3 is 2.63 bits per heavy atom. The van der Waals surface area contributed by atoms with E-state index in [2.05, 4.69) is 70.1 Å². The van der Waals surface area contributed by atoms with E-state index in [-0.39, 0.29) is 24.0 Å². The number of thiazole rings is 1. The Balaban J connectivity index is 0.00000320. The van der Waals surface area contributed by atoms with E-state index in [1.165, 1.54) is 24.1 Å². The molecule has 2 heterocycles. The molecule has 1 aromatic heterocycles. The third-order valence-corrected chi connectivity index (χ3v) is 6.21. The highest BCUT2D eigenvalue weighted by atomic mass is 127. The maximum atomic E-state index is 4.86. The van der Waals surface area contributed by atoms with Gasteiger partial charge in [-0.2, -0.15) is 0 Å². The van der Waals surface area contributed by atoms with Gasteiger partial charge in [0.25, 0.3) is 0 Å². The zero-order valence-electron chi connectivity index (χ0n) is 18.3. The maximum absolute atomic E-state index is 4.86. The number of nitrogens with zero attached hydrogens (tertiary/aromatic N) is 3. The van der Waals surface area contributed by atoms with Crippen molar-refractivity contribution in [1.29, 1.82) is 0 Å². The molecule has 1 fully saturated rings. The summed E-state index contributed by atoms with van der Waals surface area (Å²) in [5.74, 6) is 1.64. The number of nitrogens with one attached hydrogen (secondary N) is 2. The number of guanidine groups is 1. The van der Waals surface area contributed by atoms with Crippen LogP contribution >= 0.6 is 35.3 Å². The van der Waals surface area contributed by atoms with Gasteiger partial charge in [0, 0.05) is 31.6 Å². The predicted octanol–water partition coefficient (Wildman–Crippen LogP) is 4.47. The monoisotopic (exact) mass is 541 g/mol. The zero-order valence-corrected chi connectivity index (χ0v) is 21.4. The van der Waals surface area contributed by atoms with E-state index in [0.29, 0.717) is 5.92 Å². The summed E-state index contributed by atoms with van der Waals surface area (Å²) in [5, 5.41) is 10.2. The van der Waals surface area contributed by atoms with Crippen molar-refractivity contribution in [3.63, 3.8) is 0 Å². The highest BCUT2D eigenvalue weighted by Crippen LogP contribution is 2.20. The second-order valence-electron chi connectivity index (χ2n) is 7.81. The third kappa shape index (κ3) is 8.89. The quantitative estimate of drug-likeness (QED) is 0.213. The first kappa shape index (κ1) is 25.1. The second kappa shape index (κ2) is 14.0. The summed E-state index contributed by atoms with van der Waals surface area (Å²) in [5.41, 5.74) is 2.62. The van der Waals surface area contributed by atoms with Crippen LogP contribution in [0.15, 0.2) is 40.7 Å². The lowest BCUT2D eigenvalue weighted by Crippen LogP contribution is -2.39. The van der Waals surface area contributed by atoms with Crippen molar-refractivity contribution in [2.24, 2.45) is 10.9 Å². The smallest absolute Gasteiger partial charge is 0.191 e. The van der Waals surface area contributed by atoms with Gasteiger partial charge in [0.2, 0.25) is 0 Å². The number of hydrogen-bond donors (Lipinski definition) is 2. The van der Waals surface area contributed by atoms with Gasteiger partial charge in [0.05, 0.1) is 10.7 Å². The number of hydrogen-bond acceptors (Lipinski definition) is 4. The molecule has 30 heavy (non-hydrogen) atoms. The molecule has 0 amide bonds. The molecule has 2 N–H and O–H groups in total. The van der Waals surface area contributed by atoms with E-state index in [1.54, 1.807) is 11.3 Å². The van der Waals surface area contributed by atoms with E-state index in [0.717, 1.165) is 63.1 Å². The van der Waals surface area contributed by atoms with E-state index < -0.39 is 0 Å². The van der Waals surface area contributed by atoms with Gasteiger partial charge in [-0.1, -0.05) is 30.3 Å². The fraction of sp³-hybridized carbons (Fsp3) is 0.565. The van der Waals surface area contributed by atoms with Crippen LogP contribution < -0.4 is 10.6 Å². The normalized spacial score (nSPS) is 15.6. The summed E-state index contributed by atoms with van der Waals surface area (Å²) < 4.78 is 0. The van der Waals surface area contributed by atoms with Crippen LogP contribution in [0.4, 0.5) is 0 Å². The molecule has 5 nitrogen and oxygen atoms in total. The Bertz CT molecular complexity index is 741. The molecule has 0 saturated carbocycles. The van der Waals surface area contributed by atoms with Gasteiger partial charge in [-0.15, -0.1) is 35.3 Å². The minimum atomic E-state index is 0. The van der Waals surface area contributed by atoms with Gasteiger partial charge in [-0.3, -0.25) is 9.89 Å². The summed E-state index contributed by atoms with van der Waals surface area (Å²) in [6, 6.07) is 10.7. The standard InChI is InChI=1S/C23H35N5S.HI/c1-3-24-23(25-13-7-10-20-8-5-4-6-9-20)26-16-21-11-14-28(15-12-21)17-22-18-29-19(2)27-22;/h4-6,8-9,18,21H,3,7,10-17H2,1-2H3,(H2,24,25,26);1H. The van der Waals surface area contributed by atoms with E-state index in [4.69, 9.17) is 4.99 Å². The van der Waals surface area contributed by atoms with Gasteiger partial charge in [0.1, 0.15) is 0 Å². The molecule has 0 aliphatic carbocycles. The van der Waals surface area contributed by atoms with Crippen LogP contribution in [0.2, 0.25) is 0 Å². The topological polar surface area (TPSA) is 52.6 Å². The Morgan fingerprint density at radius 1 is 1.20 bits per heavy atom. The number of halogens is 1. The fourth-order valence-electron chi connectivity index (χ4n) is 3.74. The van der Waals surface area contributed by atoms with Crippen molar-refractivity contribution >= 4 is 41.3 Å². The molecule has 1 aromatic carbocycles. The molecule has 0 spiro atoms. The second-order valence-corrected chi connectivity index (χ2v) is 8.88. The first-order valence-electron chi connectivity index (χ1n) is 10.9. The largest absolute Gasteiger partial charge is 0.357 e. The van der Waals surface area contributed by atoms with Gasteiger partial charge < -0.3 is 10.6 Å². The van der Waals surface area contributed by atoms with Gasteiger partial charge >= 0.3 is 0 Å². The van der Waals surface area contributed by atoms with Crippen LogP contribution in [-0.2, 0) is 13.0 Å². The highest BCUT2D eigenvalue weighted by molar-refractivity contribution is 14.0. The van der Waals surface area contributed by atoms with Crippen LogP contribution in [0.1, 0.15) is 42.5 Å². The number of likely N-dealkylation sites (tertiary alicyclic amines) is 1. The number of piperidine rings is 1. The Morgan fingerprint density at radius 2 is 1.97 bits per heavy atom. The average molecular weight is 542 g/mol. The van der Waals surface area contributed by atoms with E-state index in [1.807, 2.05) is 0 Å². The van der Waals surface area contributed by atoms with Crippen LogP contribution in [0, 0.1) is 12.8 Å². The average Bonchev–Trinajstić information content (AvgIpc) is 3.15. The van der Waals surface area contributed by atoms with Crippen molar-refractivity contribution in [3.8, 4) is 0 Å². The van der Waals surface area contributed by atoms with Crippen molar-refractivity contribution < 1.29 is 0 Å². The molecule has 1 saturated heterocycles. The van der Waals surface area contributed by atoms with Crippen LogP contribution in [-0.4, -0.2) is 48.6 Å². The van der Waals surface area contributed by atoms with Crippen LogP contribution in [0.25, 0.3) is 0 Å². The summed E-state index contributed by atoms with van der Waals surface area (Å²) >= 11 is 1.75. The molecular formula is C23H36IN5S. The number of benzene rings is 1. The first-order chi connectivity index (χ1) is 14.2. The summed E-state index contributed by atoms with van der Waals surface area (Å²) in [6.45, 7) is 10.3. The maximum Gasteiger partial charge on any atom is 0.191 e. The first-order valence-corrected chi connectivity index (χ1v) is 11.8. The van der Waals surface area contributed by atoms with Gasteiger partial charge in [-0.05, 0) is 64.1 Å². The molecule has 0 radical (unpaired) electrons. The van der Waals surface area contributed by atoms with Crippen molar-refractivity contribution in [3.05, 3.63) is 52.0 Å². The van der Waals surface area contributed by atoms with Crippen LogP contribution in [0.3, 0.4) is 0 Å². The summed E-state index contributed by atoms with van der Waals surface area (Å²) in [6.07, 6.45) is 4.66. The molecule has 166 valence electrons. The summed E-state index contributed by atoms with van der Waals surface area (Å²) in [4.78, 5) is 12.0. The molecule has 0 bridgehead atoms. The van der Waals surface area contributed by atoms with Crippen molar-refractivity contribution in [2.45, 2.75) is 46.1 Å². The minimum absolute atomic E-state index is 0. The number of aryl methyl sites for hydroxylation is 2. The number of aliphatic imine (C=N–C) groups is 1. The highest BCUT2D eigenvalue weighted by Gasteiger charge is 2.19. The van der Waals surface area contributed by atoms with Gasteiger partial charge in [0.15, 0.2) is 5.96 Å². The SMILES string of the molecule is CCNC(=NCC1CCN(Cc2csc(C)n2)CC1)NCCCc1ccccc1.I. The lowest BCUT2D eigenvalue weighted by atomic mass is 9.97. The summed E-state index contributed by atoms with van der Waals surface area (Å²) in [7, 11) is 0. The lowest BCUT2D eigenvalue weighted by molar-refractivity contribution is 0.179. The number of rotatable bonds is 9. The third-order valence-electron chi connectivity index (χ3n) is 5.39. The zero-order chi connectivity index (χ0) is 20.3. The molecule has 2 aromatic rings. The van der Waals surface area contributed by atoms with Crippen molar-refractivity contribution in [1.82, 2.24) is 20.5 Å². The molecule has 0 unspecified atom stereocenters. The molecule has 7 heteroatoms. The van der Waals surface area contributed by atoms with Crippen molar-refractivity contribution in [2.75, 3.05) is 32.7 Å². The fourth-order valence-corrected chi connectivity index (χ4v) is 4.35. The molecule has 3 rings (SSSR count). The van der Waals surface area contributed by atoms with Crippen LogP contribution in [0.5, 0.6) is 0 Å². The number of aromatic nitrogens is 1. The lowest BCUT2D eigenvalue weighted by Gasteiger charge is -2.30. The van der Waals surface area contributed by atoms with Gasteiger partial charge in [-0.25, -0.2) is 4.98 Å². The Kier molecular flexibility index (Phi) is 11.7. The molecule has 1 aliphatic rings. The Hall–Kier alpha value is -1.19. The molecular weight excluding hydrogens is 505 g/mol. The molecule has 0 atom stereocenters. The van der Waals surface area contributed by atoms with E-state index in [9.17, 15) is 0 Å². The van der Waals surface area contributed by atoms with E-state index >= 15 is 0 Å². The molecule has 1 aliphatic heterocycles. The predicted molar refractivity (Wildman–Crippen MR) is 139 cm³/mol. The minimum Gasteiger partial charge on any atom is -0.357 e.